The van der Waals surface area contributed by atoms with E-state index < -0.39 is 0 Å². The third kappa shape index (κ3) is 4.63. The average molecular weight is 420 g/mol. The molecule has 1 saturated heterocycles. The van der Waals surface area contributed by atoms with Gasteiger partial charge in [-0.25, -0.2) is 0 Å². The van der Waals surface area contributed by atoms with E-state index in [0.29, 0.717) is 6.54 Å². The maximum atomic E-state index is 12.6. The predicted octanol–water partition coefficient (Wildman–Crippen LogP) is 2.98. The number of carbonyl (C=O) groups is 1. The number of nitrogens with one attached hydrogen (secondary N) is 1. The molecule has 5 rings (SSSR count). The van der Waals surface area contributed by atoms with Gasteiger partial charge in [-0.05, 0) is 35.6 Å². The highest BCUT2D eigenvalue weighted by atomic mass is 16.5. The van der Waals surface area contributed by atoms with Gasteiger partial charge in [0.2, 0.25) is 5.91 Å². The van der Waals surface area contributed by atoms with Crippen molar-refractivity contribution in [3.63, 3.8) is 0 Å². The standard InChI is InChI=1S/C26H33N3O2/c30-25(27-20-26(10-4-11-26)23-5-2-1-3-6-23)19-29-14-12-28(13-15-29)18-21-7-8-24-22(17-21)9-16-31-24/h1-3,5-8,17H,4,9-16,18-20H2,(H,27,30). The summed E-state index contributed by atoms with van der Waals surface area (Å²) < 4.78 is 5.61. The van der Waals surface area contributed by atoms with Crippen molar-refractivity contribution in [3.8, 4) is 5.75 Å². The smallest absolute Gasteiger partial charge is 0.234 e. The van der Waals surface area contributed by atoms with Gasteiger partial charge in [0.15, 0.2) is 0 Å². The molecule has 3 aliphatic rings. The van der Waals surface area contributed by atoms with Gasteiger partial charge in [0.25, 0.3) is 0 Å². The number of carbonyl (C=O) groups excluding carboxylic acids is 1. The second kappa shape index (κ2) is 9.01. The Morgan fingerprint density at radius 1 is 1.00 bits per heavy atom. The molecule has 1 amide bonds. The fourth-order valence-corrected chi connectivity index (χ4v) is 5.19. The Labute approximate surface area is 185 Å². The van der Waals surface area contributed by atoms with Crippen LogP contribution in [0.5, 0.6) is 5.75 Å². The lowest BCUT2D eigenvalue weighted by molar-refractivity contribution is -0.123. The molecule has 0 atom stereocenters. The zero-order chi connectivity index (χ0) is 21.1. The first-order valence-corrected chi connectivity index (χ1v) is 11.7. The molecule has 31 heavy (non-hydrogen) atoms. The van der Waals surface area contributed by atoms with Crippen molar-refractivity contribution in [2.75, 3.05) is 45.9 Å². The molecule has 1 N–H and O–H groups in total. The summed E-state index contributed by atoms with van der Waals surface area (Å²) in [5, 5.41) is 3.24. The number of rotatable bonds is 7. The van der Waals surface area contributed by atoms with E-state index in [0.717, 1.165) is 58.0 Å². The number of piperazine rings is 1. The molecule has 5 heteroatoms. The van der Waals surface area contributed by atoms with Crippen LogP contribution in [0.1, 0.15) is 36.0 Å². The van der Waals surface area contributed by atoms with Crippen molar-refractivity contribution in [3.05, 3.63) is 65.2 Å². The summed E-state index contributed by atoms with van der Waals surface area (Å²) in [6.07, 6.45) is 4.62. The highest BCUT2D eigenvalue weighted by molar-refractivity contribution is 5.78. The molecular formula is C26H33N3O2. The number of fused-ring (bicyclic) bond motifs is 1. The van der Waals surface area contributed by atoms with E-state index in [2.05, 4.69) is 63.6 Å². The van der Waals surface area contributed by atoms with Gasteiger partial charge in [0.1, 0.15) is 5.75 Å². The summed E-state index contributed by atoms with van der Waals surface area (Å²) in [7, 11) is 0. The Balaban J connectivity index is 1.06. The summed E-state index contributed by atoms with van der Waals surface area (Å²) in [5.41, 5.74) is 4.22. The Morgan fingerprint density at radius 3 is 2.52 bits per heavy atom. The second-order valence-corrected chi connectivity index (χ2v) is 9.37. The first-order valence-electron chi connectivity index (χ1n) is 11.7. The van der Waals surface area contributed by atoms with Gasteiger partial charge < -0.3 is 10.1 Å². The summed E-state index contributed by atoms with van der Waals surface area (Å²) in [4.78, 5) is 17.4. The van der Waals surface area contributed by atoms with Crippen LogP contribution in [0.4, 0.5) is 0 Å². The Hall–Kier alpha value is -2.37. The number of hydrogen-bond donors (Lipinski definition) is 1. The van der Waals surface area contributed by atoms with Gasteiger partial charge in [-0.1, -0.05) is 48.9 Å². The fourth-order valence-electron chi connectivity index (χ4n) is 5.19. The van der Waals surface area contributed by atoms with Gasteiger partial charge in [0.05, 0.1) is 13.2 Å². The maximum absolute atomic E-state index is 12.6. The van der Waals surface area contributed by atoms with E-state index in [-0.39, 0.29) is 11.3 Å². The molecule has 0 aromatic heterocycles. The van der Waals surface area contributed by atoms with E-state index in [1.165, 1.54) is 36.0 Å². The van der Waals surface area contributed by atoms with Crippen molar-refractivity contribution < 1.29 is 9.53 Å². The van der Waals surface area contributed by atoms with Crippen LogP contribution in [0, 0.1) is 0 Å². The van der Waals surface area contributed by atoms with Crippen molar-refractivity contribution >= 4 is 5.91 Å². The van der Waals surface area contributed by atoms with Crippen molar-refractivity contribution in [1.82, 2.24) is 15.1 Å². The molecule has 1 aliphatic carbocycles. The zero-order valence-corrected chi connectivity index (χ0v) is 18.3. The van der Waals surface area contributed by atoms with Gasteiger partial charge in [-0.15, -0.1) is 0 Å². The molecule has 2 aromatic carbocycles. The van der Waals surface area contributed by atoms with Gasteiger partial charge >= 0.3 is 0 Å². The minimum Gasteiger partial charge on any atom is -0.493 e. The van der Waals surface area contributed by atoms with Crippen LogP contribution in [0.25, 0.3) is 0 Å². The fraction of sp³-hybridized carbons (Fsp3) is 0.500. The molecule has 1 saturated carbocycles. The van der Waals surface area contributed by atoms with Crippen LogP contribution >= 0.6 is 0 Å². The Morgan fingerprint density at radius 2 is 1.77 bits per heavy atom. The number of hydrogen-bond acceptors (Lipinski definition) is 4. The lowest BCUT2D eigenvalue weighted by Crippen LogP contribution is -2.51. The van der Waals surface area contributed by atoms with Crippen LogP contribution in [-0.2, 0) is 23.2 Å². The third-order valence-electron chi connectivity index (χ3n) is 7.31. The van der Waals surface area contributed by atoms with Crippen LogP contribution < -0.4 is 10.1 Å². The minimum absolute atomic E-state index is 0.149. The highest BCUT2D eigenvalue weighted by Gasteiger charge is 2.38. The number of amides is 1. The SMILES string of the molecule is O=C(CN1CCN(Cc2ccc3c(c2)CCO3)CC1)NCC1(c2ccccc2)CCC1. The van der Waals surface area contributed by atoms with E-state index in [4.69, 9.17) is 4.74 Å². The lowest BCUT2D eigenvalue weighted by atomic mass is 9.64. The molecule has 0 unspecified atom stereocenters. The predicted molar refractivity (Wildman–Crippen MR) is 122 cm³/mol. The molecule has 2 heterocycles. The molecule has 0 spiro atoms. The van der Waals surface area contributed by atoms with Crippen LogP contribution in [-0.4, -0.2) is 61.6 Å². The number of benzene rings is 2. The maximum Gasteiger partial charge on any atom is 0.234 e. The Kier molecular flexibility index (Phi) is 5.97. The topological polar surface area (TPSA) is 44.8 Å². The largest absolute Gasteiger partial charge is 0.493 e. The summed E-state index contributed by atoms with van der Waals surface area (Å²) in [5.74, 6) is 1.21. The molecule has 2 aliphatic heterocycles. The van der Waals surface area contributed by atoms with Gasteiger partial charge in [0, 0.05) is 51.1 Å². The molecule has 2 aromatic rings. The van der Waals surface area contributed by atoms with Crippen LogP contribution in [0.2, 0.25) is 0 Å². The van der Waals surface area contributed by atoms with Crippen LogP contribution in [0.15, 0.2) is 48.5 Å². The van der Waals surface area contributed by atoms with E-state index in [1.807, 2.05) is 0 Å². The molecule has 164 valence electrons. The van der Waals surface area contributed by atoms with Crippen LogP contribution in [0.3, 0.4) is 0 Å². The Bertz CT molecular complexity index is 902. The number of nitrogens with zero attached hydrogens (tertiary/aromatic N) is 2. The van der Waals surface area contributed by atoms with Gasteiger partial charge in [-0.3, -0.25) is 14.6 Å². The molecule has 0 radical (unpaired) electrons. The normalized spacial score (nSPS) is 20.5. The summed E-state index contributed by atoms with van der Waals surface area (Å²) in [6.45, 7) is 6.98. The molecule has 2 fully saturated rings. The summed E-state index contributed by atoms with van der Waals surface area (Å²) >= 11 is 0. The first kappa shape index (κ1) is 20.5. The quantitative estimate of drug-likeness (QED) is 0.750. The van der Waals surface area contributed by atoms with Gasteiger partial charge in [-0.2, -0.15) is 0 Å². The first-order chi connectivity index (χ1) is 15.2. The molecule has 5 nitrogen and oxygen atoms in total. The van der Waals surface area contributed by atoms with E-state index >= 15 is 0 Å². The monoisotopic (exact) mass is 419 g/mol. The van der Waals surface area contributed by atoms with Crippen molar-refractivity contribution in [1.29, 1.82) is 0 Å². The second-order valence-electron chi connectivity index (χ2n) is 9.37. The highest BCUT2D eigenvalue weighted by Crippen LogP contribution is 2.43. The zero-order valence-electron chi connectivity index (χ0n) is 18.3. The summed E-state index contributed by atoms with van der Waals surface area (Å²) in [6, 6.07) is 17.3. The molecule has 0 bridgehead atoms. The minimum atomic E-state index is 0.149. The van der Waals surface area contributed by atoms with Crippen molar-refractivity contribution in [2.45, 2.75) is 37.6 Å². The molecular weight excluding hydrogens is 386 g/mol. The van der Waals surface area contributed by atoms with Crippen molar-refractivity contribution in [2.24, 2.45) is 0 Å². The average Bonchev–Trinajstić information content (AvgIpc) is 3.23. The van der Waals surface area contributed by atoms with E-state index in [1.54, 1.807) is 0 Å². The third-order valence-corrected chi connectivity index (χ3v) is 7.31. The van der Waals surface area contributed by atoms with E-state index in [9.17, 15) is 4.79 Å². The lowest BCUT2D eigenvalue weighted by Gasteiger charge is -2.43. The number of ether oxygens (including phenoxy) is 1.